The van der Waals surface area contributed by atoms with Gasteiger partial charge in [0.25, 0.3) is 5.91 Å². The lowest BCUT2D eigenvalue weighted by Crippen LogP contribution is -2.38. The zero-order valence-electron chi connectivity index (χ0n) is 16.4. The first kappa shape index (κ1) is 21.0. The average molecular weight is 387 g/mol. The Labute approximate surface area is 166 Å². The van der Waals surface area contributed by atoms with Gasteiger partial charge in [0.15, 0.2) is 5.96 Å². The van der Waals surface area contributed by atoms with Crippen molar-refractivity contribution in [2.45, 2.75) is 39.2 Å². The molecule has 6 heteroatoms. The zero-order valence-corrected chi connectivity index (χ0v) is 17.2. The molecule has 1 unspecified atom stereocenters. The molecule has 1 aromatic carbocycles. The number of guanidine groups is 1. The lowest BCUT2D eigenvalue weighted by atomic mass is 10.1. The van der Waals surface area contributed by atoms with Crippen LogP contribution in [0.15, 0.2) is 46.1 Å². The normalized spacial score (nSPS) is 12.5. The van der Waals surface area contributed by atoms with E-state index in [0.29, 0.717) is 18.0 Å². The number of hydrogen-bond acceptors (Lipinski definition) is 3. The molecular weight excluding hydrogens is 356 g/mol. The monoisotopic (exact) mass is 386 g/mol. The first-order chi connectivity index (χ1) is 13.1. The smallest absolute Gasteiger partial charge is 0.251 e. The maximum atomic E-state index is 12.0. The van der Waals surface area contributed by atoms with Gasteiger partial charge in [-0.3, -0.25) is 9.79 Å². The molecule has 2 aromatic rings. The molecule has 27 heavy (non-hydrogen) atoms. The minimum Gasteiger partial charge on any atom is -0.356 e. The number of nitrogens with one attached hydrogen (secondary N) is 3. The van der Waals surface area contributed by atoms with E-state index < -0.39 is 0 Å². The van der Waals surface area contributed by atoms with Crippen LogP contribution in [0.5, 0.6) is 0 Å². The number of carbonyl (C=O) groups is 1. The van der Waals surface area contributed by atoms with E-state index in [9.17, 15) is 4.79 Å². The molecule has 0 aliphatic heterocycles. The summed E-state index contributed by atoms with van der Waals surface area (Å²) in [5.74, 6) is 1.20. The number of benzene rings is 1. The van der Waals surface area contributed by atoms with Crippen LogP contribution in [-0.4, -0.2) is 32.0 Å². The van der Waals surface area contributed by atoms with Gasteiger partial charge in [-0.2, -0.15) is 11.3 Å². The first-order valence-corrected chi connectivity index (χ1v) is 10.4. The second-order valence-electron chi connectivity index (χ2n) is 6.57. The standard InChI is InChI=1S/C21H30N4OS/c1-4-5-11-23-20(26)18-8-6-17(7-9-18)14-25-21(22-3)24-13-16(2)19-10-12-27-15-19/h6-10,12,15-16H,4-5,11,13-14H2,1-3H3,(H,23,26)(H2,22,24,25). The summed E-state index contributed by atoms with van der Waals surface area (Å²) in [6, 6.07) is 9.85. The second-order valence-corrected chi connectivity index (χ2v) is 7.35. The molecule has 0 aliphatic rings. The summed E-state index contributed by atoms with van der Waals surface area (Å²) < 4.78 is 0. The highest BCUT2D eigenvalue weighted by molar-refractivity contribution is 7.07. The Kier molecular flexibility index (Phi) is 8.84. The number of rotatable bonds is 9. The topological polar surface area (TPSA) is 65.5 Å². The fourth-order valence-electron chi connectivity index (χ4n) is 2.58. The summed E-state index contributed by atoms with van der Waals surface area (Å²) >= 11 is 1.72. The van der Waals surface area contributed by atoms with Gasteiger partial charge in [0.2, 0.25) is 0 Å². The summed E-state index contributed by atoms with van der Waals surface area (Å²) in [6.45, 7) is 6.52. The molecule has 0 saturated heterocycles. The zero-order chi connectivity index (χ0) is 19.5. The summed E-state index contributed by atoms with van der Waals surface area (Å²) in [6.07, 6.45) is 2.08. The molecule has 0 spiro atoms. The Morgan fingerprint density at radius 3 is 2.56 bits per heavy atom. The largest absolute Gasteiger partial charge is 0.356 e. The molecule has 0 aliphatic carbocycles. The van der Waals surface area contributed by atoms with E-state index in [1.165, 1.54) is 5.56 Å². The minimum absolute atomic E-state index is 0.0112. The van der Waals surface area contributed by atoms with Crippen molar-refractivity contribution in [3.63, 3.8) is 0 Å². The van der Waals surface area contributed by atoms with E-state index >= 15 is 0 Å². The van der Waals surface area contributed by atoms with E-state index in [1.54, 1.807) is 18.4 Å². The van der Waals surface area contributed by atoms with Gasteiger partial charge in [-0.05, 0) is 52.4 Å². The van der Waals surface area contributed by atoms with Crippen LogP contribution >= 0.6 is 11.3 Å². The van der Waals surface area contributed by atoms with Gasteiger partial charge >= 0.3 is 0 Å². The molecule has 3 N–H and O–H groups in total. The van der Waals surface area contributed by atoms with Crippen LogP contribution in [0.2, 0.25) is 0 Å². The fourth-order valence-corrected chi connectivity index (χ4v) is 3.37. The lowest BCUT2D eigenvalue weighted by molar-refractivity contribution is 0.0953. The molecule has 1 aromatic heterocycles. The van der Waals surface area contributed by atoms with Gasteiger partial charge in [-0.25, -0.2) is 0 Å². The van der Waals surface area contributed by atoms with Gasteiger partial charge in [0, 0.05) is 32.2 Å². The third-order valence-corrected chi connectivity index (χ3v) is 5.10. The number of aliphatic imine (C=N–C) groups is 1. The van der Waals surface area contributed by atoms with E-state index in [4.69, 9.17) is 0 Å². The number of unbranched alkanes of at least 4 members (excludes halogenated alkanes) is 1. The average Bonchev–Trinajstić information content (AvgIpc) is 3.23. The van der Waals surface area contributed by atoms with Gasteiger partial charge in [-0.1, -0.05) is 32.4 Å². The number of hydrogen-bond donors (Lipinski definition) is 3. The van der Waals surface area contributed by atoms with Crippen LogP contribution in [0.4, 0.5) is 0 Å². The molecule has 5 nitrogen and oxygen atoms in total. The van der Waals surface area contributed by atoms with Crippen molar-refractivity contribution in [1.82, 2.24) is 16.0 Å². The van der Waals surface area contributed by atoms with Crippen molar-refractivity contribution < 1.29 is 4.79 Å². The van der Waals surface area contributed by atoms with Gasteiger partial charge < -0.3 is 16.0 Å². The Balaban J connectivity index is 1.78. The third kappa shape index (κ3) is 7.06. The van der Waals surface area contributed by atoms with Crippen molar-refractivity contribution in [1.29, 1.82) is 0 Å². The van der Waals surface area contributed by atoms with Gasteiger partial charge in [0.05, 0.1) is 0 Å². The van der Waals surface area contributed by atoms with Crippen LogP contribution in [0.1, 0.15) is 54.1 Å². The Morgan fingerprint density at radius 1 is 1.15 bits per heavy atom. The molecule has 1 amide bonds. The SMILES string of the molecule is CCCCNC(=O)c1ccc(CNC(=NC)NCC(C)c2ccsc2)cc1. The van der Waals surface area contributed by atoms with Crippen LogP contribution in [0.3, 0.4) is 0 Å². The number of nitrogens with zero attached hydrogens (tertiary/aromatic N) is 1. The van der Waals surface area contributed by atoms with Crippen molar-refractivity contribution in [3.05, 3.63) is 57.8 Å². The molecule has 1 atom stereocenters. The maximum absolute atomic E-state index is 12.0. The number of thiophene rings is 1. The number of carbonyl (C=O) groups excluding carboxylic acids is 1. The molecule has 2 rings (SSSR count). The molecule has 0 saturated carbocycles. The van der Waals surface area contributed by atoms with E-state index in [-0.39, 0.29) is 5.91 Å². The molecule has 146 valence electrons. The third-order valence-electron chi connectivity index (χ3n) is 4.40. The van der Waals surface area contributed by atoms with Crippen molar-refractivity contribution >= 4 is 23.2 Å². The molecule has 1 heterocycles. The lowest BCUT2D eigenvalue weighted by Gasteiger charge is -2.15. The highest BCUT2D eigenvalue weighted by Crippen LogP contribution is 2.16. The van der Waals surface area contributed by atoms with Crippen LogP contribution in [0.25, 0.3) is 0 Å². The predicted octanol–water partition coefficient (Wildman–Crippen LogP) is 3.75. The fraction of sp³-hybridized carbons (Fsp3) is 0.429. The minimum atomic E-state index is -0.0112. The maximum Gasteiger partial charge on any atom is 0.251 e. The Bertz CT molecular complexity index is 710. The Morgan fingerprint density at radius 2 is 1.93 bits per heavy atom. The Hall–Kier alpha value is -2.34. The van der Waals surface area contributed by atoms with Crippen LogP contribution in [-0.2, 0) is 6.54 Å². The second kappa shape index (κ2) is 11.4. The highest BCUT2D eigenvalue weighted by Gasteiger charge is 2.08. The number of amides is 1. The summed E-state index contributed by atoms with van der Waals surface area (Å²) in [4.78, 5) is 16.3. The summed E-state index contributed by atoms with van der Waals surface area (Å²) in [5.41, 5.74) is 3.15. The van der Waals surface area contributed by atoms with E-state index in [0.717, 1.165) is 37.5 Å². The quantitative estimate of drug-likeness (QED) is 0.349. The van der Waals surface area contributed by atoms with Crippen LogP contribution < -0.4 is 16.0 Å². The summed E-state index contributed by atoms with van der Waals surface area (Å²) in [5, 5.41) is 13.9. The summed E-state index contributed by atoms with van der Waals surface area (Å²) in [7, 11) is 1.77. The predicted molar refractivity (Wildman–Crippen MR) is 115 cm³/mol. The van der Waals surface area contributed by atoms with Gasteiger partial charge in [0.1, 0.15) is 0 Å². The highest BCUT2D eigenvalue weighted by atomic mass is 32.1. The van der Waals surface area contributed by atoms with Crippen molar-refractivity contribution in [3.8, 4) is 0 Å². The first-order valence-electron chi connectivity index (χ1n) is 9.47. The van der Waals surface area contributed by atoms with Crippen molar-refractivity contribution in [2.75, 3.05) is 20.1 Å². The molecule has 0 radical (unpaired) electrons. The van der Waals surface area contributed by atoms with E-state index in [2.05, 4.69) is 51.6 Å². The molecule has 0 fully saturated rings. The van der Waals surface area contributed by atoms with Gasteiger partial charge in [-0.15, -0.1) is 0 Å². The molecular formula is C21H30N4OS. The van der Waals surface area contributed by atoms with E-state index in [1.807, 2.05) is 24.3 Å². The molecule has 0 bridgehead atoms. The van der Waals surface area contributed by atoms with Crippen molar-refractivity contribution in [2.24, 2.45) is 4.99 Å². The van der Waals surface area contributed by atoms with Crippen LogP contribution in [0, 0.1) is 0 Å².